The molecule has 0 radical (unpaired) electrons. The monoisotopic (exact) mass is 1570 g/mol. The first-order valence-corrected chi connectivity index (χ1v) is 35.7. The maximum Gasteiger partial charge on any atom is 0.224 e. The van der Waals surface area contributed by atoms with Gasteiger partial charge in [0, 0.05) is 69.9 Å². The number of hydrogen-bond donors (Lipinski definition) is 6. The SMILES string of the molecule is [2H]C1([2H])CC([2H])([2H])C([2H])(C(N)=O)C2=C1c1cc(Cl)c(C)cc1C2.[2H]C1([2H])CC([2H])([2H])C([2H])(C(N)=O)C2=C1c1cc(Cl)cc(C)c1C2.[2H]C1([2H])CC([2H])([2H])C([2H])(C(N)=O)C2=C1c1cc(Cl)ccc1C2.[2H]c1c(C)c(Cl)c([2H])c2c1CC1=C2C([2H])([2H])CC([2H])([2H])C1C(N)=O.[2H]c1c(C)c(Cl)cc2c1CC1=C2C([2H])([2H])CC([2H])([2H])C1([2H])C(N)=O.[2H]c1c(Cl)ccc2c1C1=C(C2)C([2H])(C(N)=O)C([2H])([2H])CC1([2H])[2H]. The molecular formula is C88H92Cl6N6O6. The highest BCUT2D eigenvalue weighted by molar-refractivity contribution is 6.33. The number of carbonyl (C=O) groups is 6. The molecule has 0 aromatic heterocycles. The van der Waals surface area contributed by atoms with E-state index >= 15 is 0 Å². The molecule has 12 aliphatic carbocycles. The zero-order valence-corrected chi connectivity index (χ0v) is 62.1. The predicted octanol–water partition coefficient (Wildman–Crippen LogP) is 18.8. The van der Waals surface area contributed by atoms with E-state index in [0.717, 1.165) is 27.8 Å². The van der Waals surface area contributed by atoms with Crippen LogP contribution in [0.1, 0.15) is 249 Å². The van der Waals surface area contributed by atoms with Crippen LogP contribution in [0.15, 0.2) is 118 Å². The highest BCUT2D eigenvalue weighted by Gasteiger charge is 2.40. The van der Waals surface area contributed by atoms with E-state index in [1.807, 2.05) is 13.8 Å². The molecule has 6 atom stereocenters. The summed E-state index contributed by atoms with van der Waals surface area (Å²) in [6.07, 6.45) is -29.7. The van der Waals surface area contributed by atoms with Crippen molar-refractivity contribution >= 4 is 138 Å². The van der Waals surface area contributed by atoms with Gasteiger partial charge in [-0.25, -0.2) is 0 Å². The standard InChI is InChI=1S/4C15H16ClNO.2C14H14ClNO/c3*1-8-5-9-6-13-10(12(9)7-14(8)16)3-2-4-11(13)15(17)18;1-8-5-9(16)6-13-10-3-2-4-11(15(17)18)14(10)7-12(8)13;2*15-9-5-4-8-6-13-10(12(8)7-9)2-1-3-11(13)14(16)17/h3*5,7,11H,2-4,6H2,1H3,(H2,17,18);5-6,11H,2-4,7H2,1H3,(H2,17,18);2*4-5,7,11H,1-3,6H2,(H2,16,17)/i3D2,4D2,5D,11D;3D2,4D2,5D,7D;2*3D2,4D2,11D;2D2,3D2,7D,11D;2D2,3D2,11D. The van der Waals surface area contributed by atoms with Crippen molar-refractivity contribution in [3.8, 4) is 0 Å². The maximum atomic E-state index is 12.0. The van der Waals surface area contributed by atoms with Gasteiger partial charge in [0.15, 0.2) is 0 Å². The molecule has 0 bridgehead atoms. The molecule has 0 fully saturated rings. The number of nitrogens with two attached hydrogens (primary N) is 6. The fourth-order valence-corrected chi connectivity index (χ4v) is 15.8. The molecule has 18 heteroatoms. The van der Waals surface area contributed by atoms with Crippen LogP contribution in [0, 0.1) is 63.1 Å². The van der Waals surface area contributed by atoms with Gasteiger partial charge in [0.2, 0.25) is 35.4 Å². The average molecular weight is 1580 g/mol. The van der Waals surface area contributed by atoms with Gasteiger partial charge in [0.1, 0.15) is 0 Å². The number of benzene rings is 6. The molecule has 106 heavy (non-hydrogen) atoms. The number of carbonyl (C=O) groups excluding carboxylic acids is 6. The summed E-state index contributed by atoms with van der Waals surface area (Å²) in [5.74, 6) is -19.3. The van der Waals surface area contributed by atoms with E-state index < -0.39 is 186 Å². The lowest BCUT2D eigenvalue weighted by molar-refractivity contribution is -0.121. The lowest BCUT2D eigenvalue weighted by Gasteiger charge is -2.22. The third kappa shape index (κ3) is 15.4. The minimum Gasteiger partial charge on any atom is -0.369 e. The Balaban J connectivity index is 0.000000141. The van der Waals surface area contributed by atoms with E-state index in [1.165, 1.54) is 12.1 Å². The van der Waals surface area contributed by atoms with E-state index in [9.17, 15) is 28.8 Å². The van der Waals surface area contributed by atoms with Crippen molar-refractivity contribution in [2.24, 2.45) is 69.8 Å². The summed E-state index contributed by atoms with van der Waals surface area (Å²) in [5.41, 5.74) is 42.3. The molecule has 6 unspecified atom stereocenters. The second kappa shape index (κ2) is 31.9. The Morgan fingerprint density at radius 3 is 1.17 bits per heavy atom. The molecule has 6 aromatic rings. The van der Waals surface area contributed by atoms with Gasteiger partial charge in [0.25, 0.3) is 0 Å². The summed E-state index contributed by atoms with van der Waals surface area (Å²) in [4.78, 5) is 71.6. The molecule has 0 saturated carbocycles. The number of hydrogen-bond acceptors (Lipinski definition) is 6. The van der Waals surface area contributed by atoms with Crippen LogP contribution in [-0.4, -0.2) is 35.4 Å². The van der Waals surface area contributed by atoms with Gasteiger partial charge in [-0.05, 0) is 392 Å². The van der Waals surface area contributed by atoms with Crippen molar-refractivity contribution in [3.05, 3.63) is 237 Å². The number of aryl methyl sites for hydroxylation is 2. The minimum atomic E-state index is -2.45. The molecule has 0 saturated heterocycles. The van der Waals surface area contributed by atoms with Gasteiger partial charge in [-0.2, -0.15) is 0 Å². The number of amides is 6. The van der Waals surface area contributed by atoms with Crippen molar-refractivity contribution in [3.63, 3.8) is 0 Å². The van der Waals surface area contributed by atoms with Gasteiger partial charge in [0.05, 0.1) is 40.9 Å². The topological polar surface area (TPSA) is 259 Å². The summed E-state index contributed by atoms with van der Waals surface area (Å²) < 4.78 is 271. The quantitative estimate of drug-likeness (QED) is 0.0944. The summed E-state index contributed by atoms with van der Waals surface area (Å²) in [6, 6.07) is 16.4. The molecule has 6 amide bonds. The highest BCUT2D eigenvalue weighted by atomic mass is 35.5. The van der Waals surface area contributed by atoms with Crippen LogP contribution in [0.3, 0.4) is 0 Å². The number of fused-ring (bicyclic) bond motifs is 12. The fourth-order valence-electron chi connectivity index (χ4n) is 14.7. The first-order chi connectivity index (χ1) is 63.0. The normalized spacial score (nSPS) is 35.7. The van der Waals surface area contributed by atoms with Crippen LogP contribution < -0.4 is 34.4 Å². The third-order valence-corrected chi connectivity index (χ3v) is 21.4. The second-order valence-electron chi connectivity index (χ2n) is 26.2. The van der Waals surface area contributed by atoms with Crippen LogP contribution in [0.25, 0.3) is 33.4 Å². The fraction of sp³-hybridized carbons (Fsp3) is 0.386. The van der Waals surface area contributed by atoms with Crippen LogP contribution in [0.5, 0.6) is 0 Å². The molecule has 0 spiro atoms. The van der Waals surface area contributed by atoms with Gasteiger partial charge < -0.3 is 34.4 Å². The third-order valence-electron chi connectivity index (χ3n) is 19.6. The lowest BCUT2D eigenvalue weighted by Crippen LogP contribution is -2.27. The van der Waals surface area contributed by atoms with Gasteiger partial charge in [-0.3, -0.25) is 28.8 Å². The molecule has 18 rings (SSSR count). The smallest absolute Gasteiger partial charge is 0.224 e. The first kappa shape index (κ1) is 45.3. The molecule has 552 valence electrons. The number of rotatable bonds is 6. The van der Waals surface area contributed by atoms with Crippen LogP contribution in [0.4, 0.5) is 0 Å². The Labute approximate surface area is 698 Å². The first-order valence-electron chi connectivity index (χ1n) is 50.0. The van der Waals surface area contributed by atoms with Gasteiger partial charge in [-0.15, -0.1) is 0 Å². The second-order valence-corrected chi connectivity index (χ2v) is 28.6. The van der Waals surface area contributed by atoms with Crippen molar-refractivity contribution in [1.29, 1.82) is 0 Å². The van der Waals surface area contributed by atoms with Crippen molar-refractivity contribution in [1.82, 2.24) is 0 Å². The molecule has 0 aliphatic heterocycles. The molecule has 12 aliphatic rings. The van der Waals surface area contributed by atoms with Crippen LogP contribution in [0.2, 0.25) is 30.1 Å². The number of primary amides is 6. The van der Waals surface area contributed by atoms with Crippen LogP contribution >= 0.6 is 69.6 Å². The Morgan fingerprint density at radius 2 is 0.679 bits per heavy atom. The summed E-state index contributed by atoms with van der Waals surface area (Å²) >= 11 is 36.4. The van der Waals surface area contributed by atoms with Gasteiger partial charge in [-0.1, -0.05) is 99.9 Å². The van der Waals surface area contributed by atoms with Crippen LogP contribution in [-0.2, 0) is 67.3 Å². The van der Waals surface area contributed by atoms with E-state index in [1.54, 1.807) is 62.4 Å². The van der Waals surface area contributed by atoms with Crippen molar-refractivity contribution < 1.29 is 74.0 Å². The Kier molecular flexibility index (Phi) is 13.6. The number of halogens is 6. The Morgan fingerprint density at radius 1 is 0.330 bits per heavy atom. The lowest BCUT2D eigenvalue weighted by atomic mass is 9.82. The largest absolute Gasteiger partial charge is 0.369 e. The highest BCUT2D eigenvalue weighted by Crippen LogP contribution is 2.52. The zero-order valence-electron chi connectivity index (χ0n) is 90.5. The average Bonchev–Trinajstić information content (AvgIpc) is 1.14. The molecule has 0 heterocycles. The van der Waals surface area contributed by atoms with Gasteiger partial charge >= 0.3 is 0 Å². The van der Waals surface area contributed by atoms with Crippen molar-refractivity contribution in [2.45, 2.75) is 181 Å². The van der Waals surface area contributed by atoms with E-state index in [0.29, 0.717) is 70.2 Å². The predicted molar refractivity (Wildman–Crippen MR) is 431 cm³/mol. The Hall–Kier alpha value is -7.68. The van der Waals surface area contributed by atoms with Crippen molar-refractivity contribution in [2.75, 3.05) is 0 Å². The number of allylic oxidation sites excluding steroid dienone is 6. The molecule has 12 nitrogen and oxygen atoms in total. The molecule has 12 N–H and O–H groups in total. The summed E-state index contributed by atoms with van der Waals surface area (Å²) in [7, 11) is 0. The minimum absolute atomic E-state index is 0.00131. The summed E-state index contributed by atoms with van der Waals surface area (Å²) in [6.45, 7) is 6.91. The summed E-state index contributed by atoms with van der Waals surface area (Å²) in [5, 5.41) is 1.84. The van der Waals surface area contributed by atoms with E-state index in [4.69, 9.17) is 149 Å². The molecular weight excluding hydrogens is 1450 g/mol. The zero-order chi connectivity index (χ0) is 105. The maximum absolute atomic E-state index is 12.0. The molecule has 6 aromatic carbocycles. The van der Waals surface area contributed by atoms with E-state index in [2.05, 4.69) is 0 Å². The van der Waals surface area contributed by atoms with E-state index in [-0.39, 0.29) is 151 Å². The Bertz CT molecular complexity index is 6710.